The van der Waals surface area contributed by atoms with Gasteiger partial charge in [0.2, 0.25) is 11.8 Å². The van der Waals surface area contributed by atoms with E-state index in [4.69, 9.17) is 21.1 Å². The van der Waals surface area contributed by atoms with E-state index in [1.807, 2.05) is 91.0 Å². The molecule has 4 aromatic carbocycles. The summed E-state index contributed by atoms with van der Waals surface area (Å²) in [6, 6.07) is 31.8. The number of methoxy groups -OCH3 is 2. The van der Waals surface area contributed by atoms with Crippen molar-refractivity contribution in [3.05, 3.63) is 130 Å². The first kappa shape index (κ1) is 29.7. The molecule has 0 saturated heterocycles. The van der Waals surface area contributed by atoms with Crippen molar-refractivity contribution in [1.29, 1.82) is 0 Å². The summed E-state index contributed by atoms with van der Waals surface area (Å²) in [7, 11) is 3.19. The predicted molar refractivity (Wildman–Crippen MR) is 162 cm³/mol. The van der Waals surface area contributed by atoms with E-state index in [2.05, 4.69) is 5.32 Å². The summed E-state index contributed by atoms with van der Waals surface area (Å²) < 4.78 is 10.7. The van der Waals surface area contributed by atoms with Crippen LogP contribution in [0, 0.1) is 0 Å². The maximum absolute atomic E-state index is 13.9. The molecule has 1 N–H and O–H groups in total. The molecule has 7 heteroatoms. The van der Waals surface area contributed by atoms with Crippen molar-refractivity contribution in [2.45, 2.75) is 31.8 Å². The van der Waals surface area contributed by atoms with Gasteiger partial charge in [-0.05, 0) is 52.9 Å². The zero-order valence-corrected chi connectivity index (χ0v) is 24.1. The second-order valence-corrected chi connectivity index (χ2v) is 10.2. The summed E-state index contributed by atoms with van der Waals surface area (Å²) in [4.78, 5) is 29.4. The maximum Gasteiger partial charge on any atom is 0.243 e. The lowest BCUT2D eigenvalue weighted by atomic mass is 10.0. The highest BCUT2D eigenvalue weighted by atomic mass is 35.5. The second-order valence-electron chi connectivity index (χ2n) is 9.75. The summed E-state index contributed by atoms with van der Waals surface area (Å²) in [5.41, 5.74) is 3.77. The zero-order chi connectivity index (χ0) is 29.0. The fourth-order valence-corrected chi connectivity index (χ4v) is 4.82. The number of carbonyl (C=O) groups excluding carboxylic acids is 2. The Kier molecular flexibility index (Phi) is 10.8. The van der Waals surface area contributed by atoms with E-state index in [1.54, 1.807) is 31.3 Å². The van der Waals surface area contributed by atoms with Gasteiger partial charge in [0.05, 0.1) is 20.6 Å². The van der Waals surface area contributed by atoms with Crippen molar-refractivity contribution in [3.8, 4) is 11.5 Å². The van der Waals surface area contributed by atoms with Crippen LogP contribution in [0.4, 0.5) is 0 Å². The van der Waals surface area contributed by atoms with E-state index < -0.39 is 6.04 Å². The van der Waals surface area contributed by atoms with Crippen LogP contribution < -0.4 is 14.8 Å². The van der Waals surface area contributed by atoms with Crippen LogP contribution in [-0.4, -0.2) is 43.5 Å². The quantitative estimate of drug-likeness (QED) is 0.217. The first-order chi connectivity index (χ1) is 20.0. The molecule has 0 radical (unpaired) electrons. The van der Waals surface area contributed by atoms with Gasteiger partial charge in [-0.3, -0.25) is 9.59 Å². The Morgan fingerprint density at radius 3 is 2.00 bits per heavy atom. The minimum Gasteiger partial charge on any atom is -0.493 e. The van der Waals surface area contributed by atoms with E-state index in [0.29, 0.717) is 42.5 Å². The number of hydrogen-bond acceptors (Lipinski definition) is 4. The maximum atomic E-state index is 13.9. The smallest absolute Gasteiger partial charge is 0.243 e. The molecule has 0 aliphatic carbocycles. The Balaban J connectivity index is 1.57. The first-order valence-electron chi connectivity index (χ1n) is 13.6. The topological polar surface area (TPSA) is 67.9 Å². The molecule has 0 fully saturated rings. The Morgan fingerprint density at radius 2 is 1.37 bits per heavy atom. The third-order valence-electron chi connectivity index (χ3n) is 6.90. The van der Waals surface area contributed by atoms with Gasteiger partial charge < -0.3 is 19.7 Å². The largest absolute Gasteiger partial charge is 0.493 e. The fraction of sp³-hybridized carbons (Fsp3) is 0.235. The van der Waals surface area contributed by atoms with Crippen LogP contribution in [0.5, 0.6) is 11.5 Å². The number of nitrogens with zero attached hydrogens (tertiary/aromatic N) is 1. The molecule has 0 saturated carbocycles. The molecule has 0 aliphatic rings. The normalized spacial score (nSPS) is 11.4. The number of hydrogen-bond donors (Lipinski definition) is 1. The lowest BCUT2D eigenvalue weighted by Crippen LogP contribution is -2.51. The fourth-order valence-electron chi connectivity index (χ4n) is 4.70. The summed E-state index contributed by atoms with van der Waals surface area (Å²) in [5, 5.41) is 3.70. The van der Waals surface area contributed by atoms with E-state index in [-0.39, 0.29) is 18.2 Å². The summed E-state index contributed by atoms with van der Waals surface area (Å²) in [6.45, 7) is 0.720. The summed E-state index contributed by atoms with van der Waals surface area (Å²) in [5.74, 6) is 0.959. The van der Waals surface area contributed by atoms with E-state index in [0.717, 1.165) is 22.3 Å². The van der Waals surface area contributed by atoms with Crippen molar-refractivity contribution in [2.75, 3.05) is 20.8 Å². The lowest BCUT2D eigenvalue weighted by molar-refractivity contribution is -0.140. The Bertz CT molecular complexity index is 1410. The number of rotatable bonds is 13. The molecule has 0 aliphatic heterocycles. The van der Waals surface area contributed by atoms with Gasteiger partial charge in [0.25, 0.3) is 0 Å². The molecule has 212 valence electrons. The number of carbonyl (C=O) groups is 2. The van der Waals surface area contributed by atoms with Crippen LogP contribution >= 0.6 is 11.6 Å². The monoisotopic (exact) mass is 570 g/mol. The highest BCUT2D eigenvalue weighted by Crippen LogP contribution is 2.27. The predicted octanol–water partition coefficient (Wildman–Crippen LogP) is 5.90. The van der Waals surface area contributed by atoms with Gasteiger partial charge in [0, 0.05) is 24.5 Å². The van der Waals surface area contributed by atoms with Gasteiger partial charge in [0.1, 0.15) is 6.04 Å². The lowest BCUT2D eigenvalue weighted by Gasteiger charge is -2.31. The van der Waals surface area contributed by atoms with E-state index >= 15 is 0 Å². The number of ether oxygens (including phenoxy) is 2. The first-order valence-corrected chi connectivity index (χ1v) is 13.9. The second kappa shape index (κ2) is 14.9. The molecular weight excluding hydrogens is 536 g/mol. The van der Waals surface area contributed by atoms with Crippen molar-refractivity contribution >= 4 is 23.4 Å². The van der Waals surface area contributed by atoms with Crippen molar-refractivity contribution in [2.24, 2.45) is 0 Å². The van der Waals surface area contributed by atoms with Crippen LogP contribution in [0.2, 0.25) is 5.02 Å². The number of halogens is 1. The summed E-state index contributed by atoms with van der Waals surface area (Å²) >= 11 is 6.06. The minimum atomic E-state index is -0.706. The highest BCUT2D eigenvalue weighted by Gasteiger charge is 2.30. The molecule has 4 aromatic rings. The Morgan fingerprint density at radius 1 is 0.756 bits per heavy atom. The van der Waals surface area contributed by atoms with Gasteiger partial charge in [-0.25, -0.2) is 0 Å². The van der Waals surface area contributed by atoms with Gasteiger partial charge in [0.15, 0.2) is 11.5 Å². The van der Waals surface area contributed by atoms with Gasteiger partial charge >= 0.3 is 0 Å². The molecule has 0 spiro atoms. The average Bonchev–Trinajstić information content (AvgIpc) is 3.00. The Hall–Kier alpha value is -4.29. The average molecular weight is 571 g/mol. The van der Waals surface area contributed by atoms with Crippen LogP contribution in [0.25, 0.3) is 0 Å². The van der Waals surface area contributed by atoms with Gasteiger partial charge in [-0.2, -0.15) is 0 Å². The van der Waals surface area contributed by atoms with Crippen LogP contribution in [0.3, 0.4) is 0 Å². The van der Waals surface area contributed by atoms with E-state index in [9.17, 15) is 9.59 Å². The number of nitrogens with one attached hydrogen (secondary N) is 1. The highest BCUT2D eigenvalue weighted by molar-refractivity contribution is 6.30. The third kappa shape index (κ3) is 8.60. The van der Waals surface area contributed by atoms with E-state index in [1.165, 1.54) is 0 Å². The van der Waals surface area contributed by atoms with Crippen molar-refractivity contribution in [1.82, 2.24) is 10.2 Å². The SMILES string of the molecule is COc1ccc(CCNC(=O)C(Cc2ccccc2)N(Cc2ccccc2)C(=O)Cc2ccc(Cl)cc2)cc1OC. The molecule has 41 heavy (non-hydrogen) atoms. The molecule has 0 aromatic heterocycles. The molecule has 1 atom stereocenters. The third-order valence-corrected chi connectivity index (χ3v) is 7.15. The molecule has 2 amide bonds. The number of benzene rings is 4. The zero-order valence-electron chi connectivity index (χ0n) is 23.4. The summed E-state index contributed by atoms with van der Waals surface area (Å²) in [6.07, 6.45) is 1.15. The molecule has 4 rings (SSSR count). The number of amides is 2. The van der Waals surface area contributed by atoms with Gasteiger partial charge in [-0.1, -0.05) is 90.5 Å². The minimum absolute atomic E-state index is 0.132. The molecule has 1 unspecified atom stereocenters. The van der Waals surface area contributed by atoms with Gasteiger partial charge in [-0.15, -0.1) is 0 Å². The van der Waals surface area contributed by atoms with Crippen molar-refractivity contribution in [3.63, 3.8) is 0 Å². The van der Waals surface area contributed by atoms with Crippen LogP contribution in [0.15, 0.2) is 103 Å². The molecule has 0 bridgehead atoms. The van der Waals surface area contributed by atoms with Crippen molar-refractivity contribution < 1.29 is 19.1 Å². The molecular formula is C34H35ClN2O4. The molecule has 6 nitrogen and oxygen atoms in total. The molecule has 0 heterocycles. The van der Waals surface area contributed by atoms with Crippen LogP contribution in [-0.2, 0) is 35.4 Å². The standard InChI is InChI=1S/C34H35ClN2O4/c1-40-31-18-15-27(22-32(31)41-2)19-20-36-34(39)30(21-25-9-5-3-6-10-25)37(24-28-11-7-4-8-12-28)33(38)23-26-13-16-29(35)17-14-26/h3-18,22,30H,19-21,23-24H2,1-2H3,(H,36,39). The Labute approximate surface area is 246 Å². The van der Waals surface area contributed by atoms with Crippen LogP contribution in [0.1, 0.15) is 22.3 Å².